The lowest BCUT2D eigenvalue weighted by molar-refractivity contribution is -0.150. The molecule has 1 aromatic heterocycles. The Morgan fingerprint density at radius 3 is 2.75 bits per heavy atom. The normalized spacial score (nSPS) is 24.7. The van der Waals surface area contributed by atoms with Crippen molar-refractivity contribution in [1.29, 1.82) is 0 Å². The predicted octanol–water partition coefficient (Wildman–Crippen LogP) is 1.71. The third kappa shape index (κ3) is 2.85. The molecule has 1 aromatic rings. The molecule has 0 saturated carbocycles. The zero-order valence-electron chi connectivity index (χ0n) is 12.3. The van der Waals surface area contributed by atoms with Gasteiger partial charge in [0.1, 0.15) is 17.1 Å². The summed E-state index contributed by atoms with van der Waals surface area (Å²) in [5, 5.41) is 5.67. The maximum atomic E-state index is 12.6. The fraction of sp³-hybridized carbons (Fsp3) is 0.643. The molecular formula is C14H21N3O2S. The minimum absolute atomic E-state index is 0.000645. The van der Waals surface area contributed by atoms with Gasteiger partial charge in [-0.3, -0.25) is 9.59 Å². The standard InChI is InChI=1S/C14H21N3O2S/c1-5-8(2)12-14(19)17(10(4)13(18)16-12)6-11-15-9(3)7-20-11/h7-8,10,12H,5-6H2,1-4H3,(H,16,18). The number of rotatable bonds is 4. The molecular weight excluding hydrogens is 274 g/mol. The molecule has 0 spiro atoms. The highest BCUT2D eigenvalue weighted by molar-refractivity contribution is 7.09. The van der Waals surface area contributed by atoms with Crippen LogP contribution >= 0.6 is 11.3 Å². The first kappa shape index (κ1) is 15.0. The van der Waals surface area contributed by atoms with Crippen LogP contribution in [0.1, 0.15) is 37.9 Å². The third-order valence-corrected chi connectivity index (χ3v) is 4.83. The monoisotopic (exact) mass is 295 g/mol. The van der Waals surface area contributed by atoms with Crippen LogP contribution in [-0.4, -0.2) is 33.8 Å². The van der Waals surface area contributed by atoms with E-state index in [-0.39, 0.29) is 17.7 Å². The van der Waals surface area contributed by atoms with Crippen molar-refractivity contribution in [3.8, 4) is 0 Å². The summed E-state index contributed by atoms with van der Waals surface area (Å²) in [6.45, 7) is 8.12. The summed E-state index contributed by atoms with van der Waals surface area (Å²) in [4.78, 5) is 30.7. The Morgan fingerprint density at radius 2 is 2.20 bits per heavy atom. The van der Waals surface area contributed by atoms with Crippen LogP contribution in [0, 0.1) is 12.8 Å². The van der Waals surface area contributed by atoms with Gasteiger partial charge in [-0.15, -0.1) is 11.3 Å². The van der Waals surface area contributed by atoms with Crippen molar-refractivity contribution in [1.82, 2.24) is 15.2 Å². The molecule has 110 valence electrons. The summed E-state index contributed by atoms with van der Waals surface area (Å²) in [6, 6.07) is -0.850. The Hall–Kier alpha value is -1.43. The summed E-state index contributed by atoms with van der Waals surface area (Å²) in [5.41, 5.74) is 0.949. The van der Waals surface area contributed by atoms with E-state index in [0.717, 1.165) is 17.1 Å². The topological polar surface area (TPSA) is 62.3 Å². The lowest BCUT2D eigenvalue weighted by Crippen LogP contribution is -2.63. The number of hydrogen-bond donors (Lipinski definition) is 1. The maximum Gasteiger partial charge on any atom is 0.246 e. The zero-order valence-corrected chi connectivity index (χ0v) is 13.2. The highest BCUT2D eigenvalue weighted by Crippen LogP contribution is 2.21. The molecule has 2 amide bonds. The van der Waals surface area contributed by atoms with Crippen molar-refractivity contribution in [3.05, 3.63) is 16.1 Å². The first-order chi connectivity index (χ1) is 9.43. The third-order valence-electron chi connectivity index (χ3n) is 3.88. The van der Waals surface area contributed by atoms with Crippen molar-refractivity contribution in [2.75, 3.05) is 0 Å². The number of carbonyl (C=O) groups excluding carboxylic acids is 2. The quantitative estimate of drug-likeness (QED) is 0.920. The van der Waals surface area contributed by atoms with E-state index in [0.29, 0.717) is 6.54 Å². The second kappa shape index (κ2) is 5.91. The predicted molar refractivity (Wildman–Crippen MR) is 78.2 cm³/mol. The maximum absolute atomic E-state index is 12.6. The molecule has 6 heteroatoms. The largest absolute Gasteiger partial charge is 0.342 e. The number of nitrogens with zero attached hydrogens (tertiary/aromatic N) is 2. The van der Waals surface area contributed by atoms with E-state index in [1.165, 1.54) is 11.3 Å². The molecule has 3 unspecified atom stereocenters. The Kier molecular flexibility index (Phi) is 4.42. The number of piperazine rings is 1. The van der Waals surface area contributed by atoms with Gasteiger partial charge in [-0.25, -0.2) is 4.98 Å². The highest BCUT2D eigenvalue weighted by Gasteiger charge is 2.40. The average Bonchev–Trinajstić information content (AvgIpc) is 2.83. The zero-order chi connectivity index (χ0) is 14.9. The van der Waals surface area contributed by atoms with Crippen molar-refractivity contribution in [2.24, 2.45) is 5.92 Å². The van der Waals surface area contributed by atoms with Crippen LogP contribution in [-0.2, 0) is 16.1 Å². The molecule has 2 rings (SSSR count). The van der Waals surface area contributed by atoms with Gasteiger partial charge in [0.15, 0.2) is 0 Å². The molecule has 0 radical (unpaired) electrons. The number of thiazole rings is 1. The van der Waals surface area contributed by atoms with Gasteiger partial charge in [0.25, 0.3) is 0 Å². The van der Waals surface area contributed by atoms with Crippen LogP contribution in [0.15, 0.2) is 5.38 Å². The van der Waals surface area contributed by atoms with Gasteiger partial charge in [0.2, 0.25) is 11.8 Å². The van der Waals surface area contributed by atoms with Gasteiger partial charge in [-0.05, 0) is 19.8 Å². The summed E-state index contributed by atoms with van der Waals surface area (Å²) in [5.74, 6) is 0.0574. The summed E-state index contributed by atoms with van der Waals surface area (Å²) < 4.78 is 0. The molecule has 20 heavy (non-hydrogen) atoms. The Balaban J connectivity index is 2.19. The Bertz CT molecular complexity index is 514. The number of hydrogen-bond acceptors (Lipinski definition) is 4. The van der Waals surface area contributed by atoms with Gasteiger partial charge in [-0.2, -0.15) is 0 Å². The molecule has 0 bridgehead atoms. The van der Waals surface area contributed by atoms with Gasteiger partial charge in [-0.1, -0.05) is 20.3 Å². The molecule has 1 fully saturated rings. The van der Waals surface area contributed by atoms with Gasteiger partial charge in [0.05, 0.1) is 6.54 Å². The molecule has 3 atom stereocenters. The lowest BCUT2D eigenvalue weighted by Gasteiger charge is -2.39. The SMILES string of the molecule is CCC(C)C1NC(=O)C(C)N(Cc2nc(C)cs2)C1=O. The van der Waals surface area contributed by atoms with Crippen LogP contribution in [0.3, 0.4) is 0 Å². The smallest absolute Gasteiger partial charge is 0.246 e. The number of aromatic nitrogens is 1. The van der Waals surface area contributed by atoms with E-state index in [1.54, 1.807) is 11.8 Å². The molecule has 0 aromatic carbocycles. The van der Waals surface area contributed by atoms with Gasteiger partial charge in [0, 0.05) is 11.1 Å². The van der Waals surface area contributed by atoms with Crippen LogP contribution in [0.4, 0.5) is 0 Å². The van der Waals surface area contributed by atoms with Crippen LogP contribution in [0.25, 0.3) is 0 Å². The van der Waals surface area contributed by atoms with E-state index in [4.69, 9.17) is 0 Å². The molecule has 1 saturated heterocycles. The fourth-order valence-electron chi connectivity index (χ4n) is 2.30. The van der Waals surface area contributed by atoms with Gasteiger partial charge >= 0.3 is 0 Å². The Morgan fingerprint density at radius 1 is 1.50 bits per heavy atom. The van der Waals surface area contributed by atoms with Crippen LogP contribution in [0.2, 0.25) is 0 Å². The molecule has 1 aliphatic rings. The molecule has 2 heterocycles. The number of nitrogens with one attached hydrogen (secondary N) is 1. The first-order valence-corrected chi connectivity index (χ1v) is 7.83. The average molecular weight is 295 g/mol. The molecule has 0 aliphatic carbocycles. The van der Waals surface area contributed by atoms with E-state index in [9.17, 15) is 9.59 Å². The van der Waals surface area contributed by atoms with Crippen molar-refractivity contribution < 1.29 is 9.59 Å². The van der Waals surface area contributed by atoms with Crippen molar-refractivity contribution in [2.45, 2.75) is 52.7 Å². The van der Waals surface area contributed by atoms with Gasteiger partial charge < -0.3 is 10.2 Å². The molecule has 5 nitrogen and oxygen atoms in total. The minimum Gasteiger partial charge on any atom is -0.342 e. The lowest BCUT2D eigenvalue weighted by atomic mass is 9.94. The van der Waals surface area contributed by atoms with E-state index < -0.39 is 12.1 Å². The number of amides is 2. The fourth-order valence-corrected chi connectivity index (χ4v) is 3.07. The Labute approximate surface area is 123 Å². The number of carbonyl (C=O) groups is 2. The van der Waals surface area contributed by atoms with Crippen LogP contribution in [0.5, 0.6) is 0 Å². The van der Waals surface area contributed by atoms with E-state index >= 15 is 0 Å². The second-order valence-electron chi connectivity index (χ2n) is 5.40. The molecule has 1 aliphatic heterocycles. The summed E-state index contributed by atoms with van der Waals surface area (Å²) in [6.07, 6.45) is 0.856. The first-order valence-electron chi connectivity index (χ1n) is 6.95. The van der Waals surface area contributed by atoms with Crippen molar-refractivity contribution in [3.63, 3.8) is 0 Å². The number of aryl methyl sites for hydroxylation is 1. The molecule has 1 N–H and O–H groups in total. The van der Waals surface area contributed by atoms with Crippen molar-refractivity contribution >= 4 is 23.2 Å². The summed E-state index contributed by atoms with van der Waals surface area (Å²) in [7, 11) is 0. The van der Waals surface area contributed by atoms with E-state index in [2.05, 4.69) is 10.3 Å². The highest BCUT2D eigenvalue weighted by atomic mass is 32.1. The van der Waals surface area contributed by atoms with E-state index in [1.807, 2.05) is 26.2 Å². The van der Waals surface area contributed by atoms with Crippen LogP contribution < -0.4 is 5.32 Å². The summed E-state index contributed by atoms with van der Waals surface area (Å²) >= 11 is 1.53. The second-order valence-corrected chi connectivity index (χ2v) is 6.34. The minimum atomic E-state index is -0.438.